The van der Waals surface area contributed by atoms with Crippen LogP contribution < -0.4 is 5.32 Å². The minimum absolute atomic E-state index is 0.0803. The van der Waals surface area contributed by atoms with E-state index in [-0.39, 0.29) is 23.8 Å². The number of nitrogens with one attached hydrogen (secondary N) is 2. The maximum atomic E-state index is 12.6. The largest absolute Gasteiger partial charge is 0.354 e. The Morgan fingerprint density at radius 3 is 2.60 bits per heavy atom. The van der Waals surface area contributed by atoms with E-state index in [0.29, 0.717) is 17.7 Å². The van der Waals surface area contributed by atoms with Crippen molar-refractivity contribution in [1.82, 2.24) is 20.5 Å². The number of amides is 1. The van der Waals surface area contributed by atoms with Gasteiger partial charge in [0.15, 0.2) is 5.78 Å². The molecule has 1 aromatic carbocycles. The molecule has 6 nitrogen and oxygen atoms in total. The number of Topliss-reactive ketones (excluding diaryl/α,β-unsaturated/α-hetero) is 1. The van der Waals surface area contributed by atoms with Gasteiger partial charge in [-0.05, 0) is 23.3 Å². The summed E-state index contributed by atoms with van der Waals surface area (Å²) in [4.78, 5) is 29.0. The van der Waals surface area contributed by atoms with E-state index in [0.717, 1.165) is 11.1 Å². The summed E-state index contributed by atoms with van der Waals surface area (Å²) in [6, 6.07) is 13.1. The van der Waals surface area contributed by atoms with E-state index in [9.17, 15) is 9.59 Å². The number of hydrogen-bond acceptors (Lipinski definition) is 4. The molecular weight excluding hydrogens is 316 g/mol. The van der Waals surface area contributed by atoms with Crippen molar-refractivity contribution in [2.45, 2.75) is 12.8 Å². The summed E-state index contributed by atoms with van der Waals surface area (Å²) in [5.74, 6) is -0.393. The first-order valence-corrected chi connectivity index (χ1v) is 7.93. The summed E-state index contributed by atoms with van der Waals surface area (Å²) in [7, 11) is 1.54. The zero-order valence-corrected chi connectivity index (χ0v) is 13.8. The van der Waals surface area contributed by atoms with Crippen LogP contribution in [0.15, 0.2) is 54.9 Å². The molecule has 2 N–H and O–H groups in total. The van der Waals surface area contributed by atoms with Crippen molar-refractivity contribution in [3.05, 3.63) is 82.9 Å². The fourth-order valence-electron chi connectivity index (χ4n) is 2.55. The number of hydrogen-bond donors (Lipinski definition) is 2. The van der Waals surface area contributed by atoms with Gasteiger partial charge in [-0.2, -0.15) is 5.10 Å². The van der Waals surface area contributed by atoms with E-state index in [1.807, 2.05) is 30.3 Å². The Labute approximate surface area is 145 Å². The van der Waals surface area contributed by atoms with Crippen LogP contribution in [0.2, 0.25) is 0 Å². The average molecular weight is 334 g/mol. The molecule has 1 amide bonds. The molecule has 0 atom stereocenters. The molecule has 0 bridgehead atoms. The molecule has 0 spiro atoms. The van der Waals surface area contributed by atoms with Crippen LogP contribution in [0.3, 0.4) is 0 Å². The Morgan fingerprint density at radius 2 is 1.92 bits per heavy atom. The Kier molecular flexibility index (Phi) is 4.99. The average Bonchev–Trinajstić information content (AvgIpc) is 3.14. The first-order chi connectivity index (χ1) is 12.2. The minimum Gasteiger partial charge on any atom is -0.354 e. The van der Waals surface area contributed by atoms with Crippen LogP contribution in [-0.2, 0) is 12.8 Å². The SMILES string of the molecule is CNC(=O)c1cc(C(=O)Cc2cn[nH]c2)cc(Cc2ccccc2)n1. The van der Waals surface area contributed by atoms with Crippen LogP contribution >= 0.6 is 0 Å². The molecule has 0 aliphatic rings. The van der Waals surface area contributed by atoms with Crippen molar-refractivity contribution < 1.29 is 9.59 Å². The number of ketones is 1. The lowest BCUT2D eigenvalue weighted by atomic mass is 10.0. The Bertz CT molecular complexity index is 874. The van der Waals surface area contributed by atoms with Gasteiger partial charge in [0.1, 0.15) is 5.69 Å². The van der Waals surface area contributed by atoms with Gasteiger partial charge in [-0.25, -0.2) is 4.98 Å². The second-order valence-corrected chi connectivity index (χ2v) is 5.68. The second-order valence-electron chi connectivity index (χ2n) is 5.68. The Hall–Kier alpha value is -3.28. The van der Waals surface area contributed by atoms with Crippen LogP contribution in [0.25, 0.3) is 0 Å². The van der Waals surface area contributed by atoms with Crippen molar-refractivity contribution in [1.29, 1.82) is 0 Å². The highest BCUT2D eigenvalue weighted by Gasteiger charge is 2.15. The smallest absolute Gasteiger partial charge is 0.269 e. The number of nitrogens with zero attached hydrogens (tertiary/aromatic N) is 2. The predicted octanol–water partition coefficient (Wildman–Crippen LogP) is 2.18. The standard InChI is InChI=1S/C19H18N4O2/c1-20-19(25)17-10-15(18(24)8-14-11-21-22-12-14)9-16(23-17)7-13-5-3-2-4-6-13/h2-6,9-12H,7-8H2,1H3,(H,20,25)(H,21,22). The topological polar surface area (TPSA) is 87.7 Å². The predicted molar refractivity (Wildman–Crippen MR) is 93.5 cm³/mol. The summed E-state index contributed by atoms with van der Waals surface area (Å²) in [6.07, 6.45) is 4.07. The van der Waals surface area contributed by atoms with Gasteiger partial charge in [0.25, 0.3) is 5.91 Å². The molecule has 0 fully saturated rings. The Balaban J connectivity index is 1.92. The van der Waals surface area contributed by atoms with Crippen LogP contribution in [-0.4, -0.2) is 33.9 Å². The molecule has 3 aromatic rings. The number of H-pyrrole nitrogens is 1. The van der Waals surface area contributed by atoms with Gasteiger partial charge < -0.3 is 5.32 Å². The molecule has 0 aliphatic heterocycles. The summed E-state index contributed by atoms with van der Waals surface area (Å²) in [5.41, 5.74) is 3.26. The fraction of sp³-hybridized carbons (Fsp3) is 0.158. The molecule has 0 saturated heterocycles. The van der Waals surface area contributed by atoms with Crippen molar-refractivity contribution in [3.8, 4) is 0 Å². The minimum atomic E-state index is -0.313. The van der Waals surface area contributed by atoms with Crippen LogP contribution in [0.4, 0.5) is 0 Å². The molecule has 25 heavy (non-hydrogen) atoms. The molecule has 0 unspecified atom stereocenters. The monoisotopic (exact) mass is 334 g/mol. The van der Waals surface area contributed by atoms with E-state index in [1.54, 1.807) is 25.5 Å². The third kappa shape index (κ3) is 4.17. The number of aromatic amines is 1. The van der Waals surface area contributed by atoms with Crippen molar-refractivity contribution >= 4 is 11.7 Å². The second kappa shape index (κ2) is 7.53. The molecule has 0 saturated carbocycles. The zero-order valence-electron chi connectivity index (χ0n) is 13.8. The maximum absolute atomic E-state index is 12.6. The fourth-order valence-corrected chi connectivity index (χ4v) is 2.55. The Morgan fingerprint density at radius 1 is 1.12 bits per heavy atom. The summed E-state index contributed by atoms with van der Waals surface area (Å²) >= 11 is 0. The molecule has 0 radical (unpaired) electrons. The number of pyridine rings is 1. The highest BCUT2D eigenvalue weighted by Crippen LogP contribution is 2.14. The number of carbonyl (C=O) groups is 2. The number of benzene rings is 1. The van der Waals surface area contributed by atoms with Gasteiger partial charge in [0.05, 0.1) is 6.20 Å². The third-order valence-electron chi connectivity index (χ3n) is 3.81. The van der Waals surface area contributed by atoms with Crippen molar-refractivity contribution in [2.24, 2.45) is 0 Å². The molecule has 6 heteroatoms. The summed E-state index contributed by atoms with van der Waals surface area (Å²) in [6.45, 7) is 0. The molecule has 3 rings (SSSR count). The van der Waals surface area contributed by atoms with Crippen LogP contribution in [0.5, 0.6) is 0 Å². The van der Waals surface area contributed by atoms with Crippen molar-refractivity contribution in [2.75, 3.05) is 7.05 Å². The number of rotatable bonds is 6. The first kappa shape index (κ1) is 16.6. The highest BCUT2D eigenvalue weighted by atomic mass is 16.1. The zero-order chi connectivity index (χ0) is 17.6. The first-order valence-electron chi connectivity index (χ1n) is 7.93. The van der Waals surface area contributed by atoms with Gasteiger partial charge in [0.2, 0.25) is 0 Å². The van der Waals surface area contributed by atoms with Crippen LogP contribution in [0.1, 0.15) is 37.7 Å². The van der Waals surface area contributed by atoms with E-state index >= 15 is 0 Å². The van der Waals surface area contributed by atoms with E-state index in [1.165, 1.54) is 6.07 Å². The number of aromatic nitrogens is 3. The van der Waals surface area contributed by atoms with E-state index < -0.39 is 0 Å². The molecule has 2 aromatic heterocycles. The van der Waals surface area contributed by atoms with Gasteiger partial charge in [-0.1, -0.05) is 30.3 Å². The van der Waals surface area contributed by atoms with E-state index in [4.69, 9.17) is 0 Å². The quantitative estimate of drug-likeness (QED) is 0.676. The lowest BCUT2D eigenvalue weighted by molar-refractivity contribution is 0.0958. The molecule has 2 heterocycles. The lowest BCUT2D eigenvalue weighted by Crippen LogP contribution is -2.21. The normalized spacial score (nSPS) is 10.4. The van der Waals surface area contributed by atoms with Crippen LogP contribution in [0, 0.1) is 0 Å². The summed E-state index contributed by atoms with van der Waals surface area (Å²) in [5, 5.41) is 9.09. The number of carbonyl (C=O) groups excluding carboxylic acids is 2. The van der Waals surface area contributed by atoms with Gasteiger partial charge in [0, 0.05) is 37.3 Å². The molecule has 126 valence electrons. The van der Waals surface area contributed by atoms with Gasteiger partial charge in [-0.3, -0.25) is 14.7 Å². The molecule has 0 aliphatic carbocycles. The van der Waals surface area contributed by atoms with E-state index in [2.05, 4.69) is 20.5 Å². The summed E-state index contributed by atoms with van der Waals surface area (Å²) < 4.78 is 0. The lowest BCUT2D eigenvalue weighted by Gasteiger charge is -2.08. The highest BCUT2D eigenvalue weighted by molar-refractivity contribution is 6.00. The van der Waals surface area contributed by atoms with Gasteiger partial charge >= 0.3 is 0 Å². The maximum Gasteiger partial charge on any atom is 0.269 e. The molecular formula is C19H18N4O2. The van der Waals surface area contributed by atoms with Gasteiger partial charge in [-0.15, -0.1) is 0 Å². The third-order valence-corrected chi connectivity index (χ3v) is 3.81. The van der Waals surface area contributed by atoms with Crippen molar-refractivity contribution in [3.63, 3.8) is 0 Å².